The minimum absolute atomic E-state index is 0.0224. The molecule has 0 aliphatic heterocycles. The van der Waals surface area contributed by atoms with Gasteiger partial charge in [-0.1, -0.05) is 6.07 Å². The quantitative estimate of drug-likeness (QED) is 0.851. The highest BCUT2D eigenvalue weighted by Gasteiger charge is 2.12. The van der Waals surface area contributed by atoms with Crippen LogP contribution in [0.1, 0.15) is 0 Å². The van der Waals surface area contributed by atoms with Gasteiger partial charge < -0.3 is 9.64 Å². The zero-order valence-corrected chi connectivity index (χ0v) is 11.6. The van der Waals surface area contributed by atoms with Crippen LogP contribution < -0.4 is 9.64 Å². The van der Waals surface area contributed by atoms with Crippen molar-refractivity contribution in [2.24, 2.45) is 0 Å². The summed E-state index contributed by atoms with van der Waals surface area (Å²) in [5.41, 5.74) is 0.760. The Hall–Kier alpha value is -1.95. The number of H-pyrrole nitrogens is 1. The zero-order valence-electron chi connectivity index (χ0n) is 10.8. The Balaban J connectivity index is 1.93. The van der Waals surface area contributed by atoms with Crippen molar-refractivity contribution >= 4 is 23.4 Å². The molecule has 0 spiro atoms. The van der Waals surface area contributed by atoms with E-state index < -0.39 is 0 Å². The van der Waals surface area contributed by atoms with Crippen LogP contribution in [0.5, 0.6) is 5.75 Å². The molecule has 0 aliphatic rings. The van der Waals surface area contributed by atoms with Gasteiger partial charge in [0.15, 0.2) is 0 Å². The van der Waals surface area contributed by atoms with Crippen molar-refractivity contribution in [3.05, 3.63) is 36.7 Å². The maximum atomic E-state index is 12.0. The molecule has 0 saturated heterocycles. The molecule has 1 aromatic carbocycles. The highest BCUT2D eigenvalue weighted by atomic mass is 32.2. The van der Waals surface area contributed by atoms with E-state index >= 15 is 0 Å². The SMILES string of the molecule is COc1cccc(SCC(=O)N(C)c2cn[nH]c2)c1. The third-order valence-corrected chi connectivity index (χ3v) is 3.63. The summed E-state index contributed by atoms with van der Waals surface area (Å²) in [5.74, 6) is 1.18. The first kappa shape index (κ1) is 13.5. The van der Waals surface area contributed by atoms with Crippen LogP contribution in [0.2, 0.25) is 0 Å². The molecule has 0 unspecified atom stereocenters. The van der Waals surface area contributed by atoms with Gasteiger partial charge in [0.1, 0.15) is 5.75 Å². The number of hydrogen-bond acceptors (Lipinski definition) is 4. The van der Waals surface area contributed by atoms with E-state index in [0.29, 0.717) is 5.75 Å². The van der Waals surface area contributed by atoms with Crippen molar-refractivity contribution in [1.82, 2.24) is 10.2 Å². The third-order valence-electron chi connectivity index (χ3n) is 2.65. The van der Waals surface area contributed by atoms with Crippen LogP contribution in [0, 0.1) is 0 Å². The smallest absolute Gasteiger partial charge is 0.237 e. The first-order valence-electron chi connectivity index (χ1n) is 5.73. The summed E-state index contributed by atoms with van der Waals surface area (Å²) in [6.07, 6.45) is 3.31. The second kappa shape index (κ2) is 6.29. The zero-order chi connectivity index (χ0) is 13.7. The molecule has 0 fully saturated rings. The lowest BCUT2D eigenvalue weighted by Crippen LogP contribution is -2.27. The molecular formula is C13H15N3O2S. The number of thioether (sulfide) groups is 1. The maximum absolute atomic E-state index is 12.0. The average Bonchev–Trinajstić information content (AvgIpc) is 2.98. The first-order chi connectivity index (χ1) is 9.20. The van der Waals surface area contributed by atoms with E-state index in [1.807, 2.05) is 24.3 Å². The fourth-order valence-corrected chi connectivity index (χ4v) is 2.36. The van der Waals surface area contributed by atoms with Gasteiger partial charge >= 0.3 is 0 Å². The van der Waals surface area contributed by atoms with E-state index in [1.54, 1.807) is 31.5 Å². The number of carbonyl (C=O) groups is 1. The molecule has 1 N–H and O–H groups in total. The molecule has 2 rings (SSSR count). The Labute approximate surface area is 116 Å². The molecule has 0 aliphatic carbocycles. The van der Waals surface area contributed by atoms with Crippen LogP contribution in [0.4, 0.5) is 5.69 Å². The second-order valence-corrected chi connectivity index (χ2v) is 4.93. The maximum Gasteiger partial charge on any atom is 0.237 e. The molecule has 0 radical (unpaired) electrons. The Bertz CT molecular complexity index is 543. The summed E-state index contributed by atoms with van der Waals surface area (Å²) in [6.45, 7) is 0. The van der Waals surface area contributed by atoms with Crippen molar-refractivity contribution in [3.63, 3.8) is 0 Å². The topological polar surface area (TPSA) is 58.2 Å². The molecule has 0 atom stereocenters. The lowest BCUT2D eigenvalue weighted by molar-refractivity contribution is -0.115. The number of amides is 1. The van der Waals surface area contributed by atoms with Crippen LogP contribution in [0.25, 0.3) is 0 Å². The molecule has 100 valence electrons. The minimum atomic E-state index is 0.0224. The van der Waals surface area contributed by atoms with Crippen LogP contribution >= 0.6 is 11.8 Å². The van der Waals surface area contributed by atoms with E-state index in [4.69, 9.17) is 4.74 Å². The minimum Gasteiger partial charge on any atom is -0.497 e. The van der Waals surface area contributed by atoms with Crippen molar-refractivity contribution in [3.8, 4) is 5.75 Å². The van der Waals surface area contributed by atoms with E-state index in [0.717, 1.165) is 16.3 Å². The van der Waals surface area contributed by atoms with Gasteiger partial charge in [0, 0.05) is 18.1 Å². The number of rotatable bonds is 5. The van der Waals surface area contributed by atoms with Crippen molar-refractivity contribution in [2.75, 3.05) is 24.8 Å². The lowest BCUT2D eigenvalue weighted by atomic mass is 10.3. The number of nitrogens with one attached hydrogen (secondary N) is 1. The molecule has 6 heteroatoms. The number of anilines is 1. The molecule has 1 aromatic heterocycles. The van der Waals surface area contributed by atoms with Gasteiger partial charge in [0.25, 0.3) is 0 Å². The molecule has 5 nitrogen and oxygen atoms in total. The highest BCUT2D eigenvalue weighted by Crippen LogP contribution is 2.23. The summed E-state index contributed by atoms with van der Waals surface area (Å²) in [4.78, 5) is 14.6. The summed E-state index contributed by atoms with van der Waals surface area (Å²) in [6, 6.07) is 7.66. The predicted octanol–water partition coefficient (Wildman–Crippen LogP) is 2.17. The largest absolute Gasteiger partial charge is 0.497 e. The van der Waals surface area contributed by atoms with Crippen LogP contribution in [-0.2, 0) is 4.79 Å². The van der Waals surface area contributed by atoms with Crippen molar-refractivity contribution < 1.29 is 9.53 Å². The Morgan fingerprint density at radius 3 is 3.05 bits per heavy atom. The summed E-state index contributed by atoms with van der Waals surface area (Å²) in [5, 5.41) is 6.51. The number of hydrogen-bond donors (Lipinski definition) is 1. The van der Waals surface area contributed by atoms with Gasteiger partial charge in [-0.3, -0.25) is 9.89 Å². The fraction of sp³-hybridized carbons (Fsp3) is 0.231. The summed E-state index contributed by atoms with van der Waals surface area (Å²) < 4.78 is 5.15. The van der Waals surface area contributed by atoms with Gasteiger partial charge in [-0.15, -0.1) is 11.8 Å². The fourth-order valence-electron chi connectivity index (χ4n) is 1.50. The third kappa shape index (κ3) is 3.51. The molecule has 1 amide bonds. The standard InChI is InChI=1S/C13H15N3O2S/c1-16(10-7-14-15-8-10)13(17)9-19-12-5-3-4-11(6-12)18-2/h3-8H,9H2,1-2H3,(H,14,15). The molecule has 0 saturated carbocycles. The summed E-state index contributed by atoms with van der Waals surface area (Å²) >= 11 is 1.48. The Kier molecular flexibility index (Phi) is 4.46. The molecule has 0 bridgehead atoms. The van der Waals surface area contributed by atoms with E-state index in [2.05, 4.69) is 10.2 Å². The molecule has 2 aromatic rings. The number of aromatic nitrogens is 2. The number of aromatic amines is 1. The van der Waals surface area contributed by atoms with E-state index in [-0.39, 0.29) is 5.91 Å². The van der Waals surface area contributed by atoms with Gasteiger partial charge in [-0.25, -0.2) is 0 Å². The van der Waals surface area contributed by atoms with Crippen molar-refractivity contribution in [2.45, 2.75) is 4.90 Å². The number of benzene rings is 1. The molecule has 1 heterocycles. The number of nitrogens with zero attached hydrogens (tertiary/aromatic N) is 2. The van der Waals surface area contributed by atoms with E-state index in [9.17, 15) is 4.79 Å². The predicted molar refractivity (Wildman–Crippen MR) is 75.7 cm³/mol. The normalized spacial score (nSPS) is 10.2. The monoisotopic (exact) mass is 277 g/mol. The average molecular weight is 277 g/mol. The van der Waals surface area contributed by atoms with Crippen molar-refractivity contribution in [1.29, 1.82) is 0 Å². The molecular weight excluding hydrogens is 262 g/mol. The van der Waals surface area contributed by atoms with Gasteiger partial charge in [0.05, 0.1) is 24.7 Å². The number of methoxy groups -OCH3 is 1. The first-order valence-corrected chi connectivity index (χ1v) is 6.71. The lowest BCUT2D eigenvalue weighted by Gasteiger charge is -2.14. The van der Waals surface area contributed by atoms with Crippen LogP contribution in [0.3, 0.4) is 0 Å². The van der Waals surface area contributed by atoms with E-state index in [1.165, 1.54) is 11.8 Å². The van der Waals surface area contributed by atoms with Gasteiger partial charge in [-0.05, 0) is 18.2 Å². The summed E-state index contributed by atoms with van der Waals surface area (Å²) in [7, 11) is 3.36. The second-order valence-electron chi connectivity index (χ2n) is 3.88. The Morgan fingerprint density at radius 1 is 1.53 bits per heavy atom. The van der Waals surface area contributed by atoms with Crippen LogP contribution in [0.15, 0.2) is 41.6 Å². The molecule has 19 heavy (non-hydrogen) atoms. The number of ether oxygens (including phenoxy) is 1. The van der Waals surface area contributed by atoms with Gasteiger partial charge in [0.2, 0.25) is 5.91 Å². The highest BCUT2D eigenvalue weighted by molar-refractivity contribution is 8.00. The van der Waals surface area contributed by atoms with Gasteiger partial charge in [-0.2, -0.15) is 5.10 Å². The Morgan fingerprint density at radius 2 is 2.37 bits per heavy atom. The number of carbonyl (C=O) groups excluding carboxylic acids is 1. The van der Waals surface area contributed by atoms with Crippen LogP contribution in [-0.4, -0.2) is 36.0 Å².